The minimum atomic E-state index is -3.59. The molecule has 6 nitrogen and oxygen atoms in total. The van der Waals surface area contributed by atoms with E-state index in [-0.39, 0.29) is 4.21 Å². The number of thiophene rings is 1. The molecular weight excluding hydrogens is 286 g/mol. The maximum atomic E-state index is 12.1. The molecule has 0 amide bonds. The van der Waals surface area contributed by atoms with Gasteiger partial charge in [-0.3, -0.25) is 4.72 Å². The van der Waals surface area contributed by atoms with Crippen LogP contribution >= 0.6 is 11.3 Å². The Labute approximate surface area is 115 Å². The highest BCUT2D eigenvalue weighted by Crippen LogP contribution is 2.23. The van der Waals surface area contributed by atoms with Gasteiger partial charge in [0.25, 0.3) is 10.0 Å². The molecule has 0 spiro atoms. The van der Waals surface area contributed by atoms with Gasteiger partial charge in [-0.25, -0.2) is 13.4 Å². The predicted octanol–water partition coefficient (Wildman–Crippen LogP) is 1.41. The SMILES string of the molecule is COc1ccc(NS(=O)(=O)c2cc(CN)cs2)cn1. The molecule has 0 bridgehead atoms. The lowest BCUT2D eigenvalue weighted by Gasteiger charge is -2.06. The number of aromatic nitrogens is 1. The zero-order valence-corrected chi connectivity index (χ0v) is 11.8. The van der Waals surface area contributed by atoms with E-state index in [2.05, 4.69) is 9.71 Å². The first-order chi connectivity index (χ1) is 9.05. The second-order valence-electron chi connectivity index (χ2n) is 3.67. The molecule has 0 radical (unpaired) electrons. The summed E-state index contributed by atoms with van der Waals surface area (Å²) >= 11 is 1.13. The summed E-state index contributed by atoms with van der Waals surface area (Å²) in [5.41, 5.74) is 6.63. The Morgan fingerprint density at radius 1 is 1.47 bits per heavy atom. The first-order valence-corrected chi connectivity index (χ1v) is 7.72. The van der Waals surface area contributed by atoms with Crippen molar-refractivity contribution in [2.45, 2.75) is 10.8 Å². The van der Waals surface area contributed by atoms with Gasteiger partial charge in [-0.15, -0.1) is 11.3 Å². The molecule has 102 valence electrons. The summed E-state index contributed by atoms with van der Waals surface area (Å²) in [4.78, 5) is 3.93. The van der Waals surface area contributed by atoms with E-state index in [1.807, 2.05) is 0 Å². The average Bonchev–Trinajstić information content (AvgIpc) is 2.89. The fraction of sp³-hybridized carbons (Fsp3) is 0.182. The van der Waals surface area contributed by atoms with Gasteiger partial charge in [0.05, 0.1) is 19.0 Å². The van der Waals surface area contributed by atoms with E-state index < -0.39 is 10.0 Å². The number of nitrogens with zero attached hydrogens (tertiary/aromatic N) is 1. The lowest BCUT2D eigenvalue weighted by Crippen LogP contribution is -2.11. The topological polar surface area (TPSA) is 94.3 Å². The Morgan fingerprint density at radius 3 is 2.79 bits per heavy atom. The van der Waals surface area contributed by atoms with Crippen molar-refractivity contribution in [3.63, 3.8) is 0 Å². The number of methoxy groups -OCH3 is 1. The van der Waals surface area contributed by atoms with Gasteiger partial charge in [-0.2, -0.15) is 0 Å². The Morgan fingerprint density at radius 2 is 2.26 bits per heavy atom. The van der Waals surface area contributed by atoms with E-state index in [0.717, 1.165) is 16.9 Å². The first kappa shape index (κ1) is 13.8. The standard InChI is InChI=1S/C11H13N3O3S2/c1-17-10-3-2-9(6-13-10)14-19(15,16)11-4-8(5-12)7-18-11/h2-4,6-7,14H,5,12H2,1H3. The summed E-state index contributed by atoms with van der Waals surface area (Å²) < 4.78 is 31.7. The van der Waals surface area contributed by atoms with Crippen molar-refractivity contribution in [3.8, 4) is 5.88 Å². The summed E-state index contributed by atoms with van der Waals surface area (Å²) in [5, 5.41) is 1.72. The Bertz CT molecular complexity index is 650. The van der Waals surface area contributed by atoms with Gasteiger partial charge >= 0.3 is 0 Å². The molecular formula is C11H13N3O3S2. The normalized spacial score (nSPS) is 11.3. The predicted molar refractivity (Wildman–Crippen MR) is 73.8 cm³/mol. The van der Waals surface area contributed by atoms with Crippen LogP contribution in [0.2, 0.25) is 0 Å². The van der Waals surface area contributed by atoms with Crippen molar-refractivity contribution in [3.05, 3.63) is 35.3 Å². The fourth-order valence-electron chi connectivity index (χ4n) is 1.37. The zero-order chi connectivity index (χ0) is 13.9. The number of sulfonamides is 1. The molecule has 0 aliphatic heterocycles. The van der Waals surface area contributed by atoms with Crippen LogP contribution in [0, 0.1) is 0 Å². The van der Waals surface area contributed by atoms with Crippen LogP contribution in [-0.2, 0) is 16.6 Å². The van der Waals surface area contributed by atoms with Crippen LogP contribution in [0.5, 0.6) is 5.88 Å². The third-order valence-electron chi connectivity index (χ3n) is 2.33. The van der Waals surface area contributed by atoms with E-state index in [4.69, 9.17) is 10.5 Å². The maximum Gasteiger partial charge on any atom is 0.271 e. The molecule has 0 saturated carbocycles. The van der Waals surface area contributed by atoms with Gasteiger partial charge in [-0.1, -0.05) is 0 Å². The maximum absolute atomic E-state index is 12.1. The Balaban J connectivity index is 2.20. The molecule has 8 heteroatoms. The molecule has 0 unspecified atom stereocenters. The summed E-state index contributed by atoms with van der Waals surface area (Å²) in [6.07, 6.45) is 1.40. The number of nitrogens with one attached hydrogen (secondary N) is 1. The van der Waals surface area contributed by atoms with E-state index in [1.165, 1.54) is 13.3 Å². The second-order valence-corrected chi connectivity index (χ2v) is 6.49. The van der Waals surface area contributed by atoms with Crippen LogP contribution in [0.3, 0.4) is 0 Å². The minimum Gasteiger partial charge on any atom is -0.481 e. The molecule has 0 aromatic carbocycles. The van der Waals surface area contributed by atoms with Crippen LogP contribution in [0.15, 0.2) is 34.0 Å². The van der Waals surface area contributed by atoms with Gasteiger partial charge in [0.15, 0.2) is 0 Å². The fourth-order valence-corrected chi connectivity index (χ4v) is 3.63. The number of nitrogens with two attached hydrogens (primary N) is 1. The monoisotopic (exact) mass is 299 g/mol. The summed E-state index contributed by atoms with van der Waals surface area (Å²) in [6, 6.07) is 4.72. The quantitative estimate of drug-likeness (QED) is 0.870. The average molecular weight is 299 g/mol. The molecule has 0 fully saturated rings. The molecule has 0 saturated heterocycles. The van der Waals surface area contributed by atoms with Crippen LogP contribution in [-0.4, -0.2) is 20.5 Å². The highest BCUT2D eigenvalue weighted by atomic mass is 32.2. The lowest BCUT2D eigenvalue weighted by molar-refractivity contribution is 0.398. The minimum absolute atomic E-state index is 0.226. The number of pyridine rings is 1. The second kappa shape index (κ2) is 5.55. The van der Waals surface area contributed by atoms with E-state index >= 15 is 0 Å². The third-order valence-corrected chi connectivity index (χ3v) is 5.20. The number of rotatable bonds is 5. The molecule has 0 aliphatic rings. The molecule has 2 rings (SSSR count). The molecule has 0 aliphatic carbocycles. The molecule has 2 aromatic rings. The van der Waals surface area contributed by atoms with Crippen LogP contribution in [0.1, 0.15) is 5.56 Å². The number of hydrogen-bond acceptors (Lipinski definition) is 6. The van der Waals surface area contributed by atoms with Crippen molar-refractivity contribution in [2.24, 2.45) is 5.73 Å². The largest absolute Gasteiger partial charge is 0.481 e. The van der Waals surface area contributed by atoms with Crippen LogP contribution < -0.4 is 15.2 Å². The van der Waals surface area contributed by atoms with Crippen molar-refractivity contribution < 1.29 is 13.2 Å². The Kier molecular flexibility index (Phi) is 4.03. The third kappa shape index (κ3) is 3.22. The van der Waals surface area contributed by atoms with Crippen molar-refractivity contribution >= 4 is 27.0 Å². The smallest absolute Gasteiger partial charge is 0.271 e. The Hall–Kier alpha value is -1.64. The van der Waals surface area contributed by atoms with Gasteiger partial charge in [0.1, 0.15) is 4.21 Å². The summed E-state index contributed by atoms with van der Waals surface area (Å²) in [5.74, 6) is 0.421. The lowest BCUT2D eigenvalue weighted by atomic mass is 10.4. The van der Waals surface area contributed by atoms with Gasteiger partial charge in [-0.05, 0) is 23.1 Å². The van der Waals surface area contributed by atoms with Crippen LogP contribution in [0.25, 0.3) is 0 Å². The van der Waals surface area contributed by atoms with E-state index in [9.17, 15) is 8.42 Å². The van der Waals surface area contributed by atoms with Gasteiger partial charge in [0, 0.05) is 12.6 Å². The highest BCUT2D eigenvalue weighted by Gasteiger charge is 2.16. The summed E-state index contributed by atoms with van der Waals surface area (Å²) in [6.45, 7) is 0.316. The van der Waals surface area contributed by atoms with Crippen molar-refractivity contribution in [1.82, 2.24) is 4.98 Å². The zero-order valence-electron chi connectivity index (χ0n) is 10.2. The van der Waals surface area contributed by atoms with Crippen molar-refractivity contribution in [1.29, 1.82) is 0 Å². The van der Waals surface area contributed by atoms with E-state index in [0.29, 0.717) is 18.1 Å². The summed E-state index contributed by atoms with van der Waals surface area (Å²) in [7, 11) is -2.10. The molecule has 2 heterocycles. The molecule has 2 aromatic heterocycles. The first-order valence-electron chi connectivity index (χ1n) is 5.35. The number of ether oxygens (including phenoxy) is 1. The molecule has 19 heavy (non-hydrogen) atoms. The highest BCUT2D eigenvalue weighted by molar-refractivity contribution is 7.94. The molecule has 0 atom stereocenters. The number of hydrogen-bond donors (Lipinski definition) is 2. The van der Waals surface area contributed by atoms with Gasteiger partial charge in [0.2, 0.25) is 5.88 Å². The molecule has 3 N–H and O–H groups in total. The number of anilines is 1. The van der Waals surface area contributed by atoms with Crippen molar-refractivity contribution in [2.75, 3.05) is 11.8 Å². The van der Waals surface area contributed by atoms with Gasteiger partial charge < -0.3 is 10.5 Å². The van der Waals surface area contributed by atoms with Crippen LogP contribution in [0.4, 0.5) is 5.69 Å². The van der Waals surface area contributed by atoms with E-state index in [1.54, 1.807) is 23.6 Å².